The van der Waals surface area contributed by atoms with Crippen LogP contribution in [0.5, 0.6) is 0 Å². The minimum absolute atomic E-state index is 0.341. The Kier molecular flexibility index (Phi) is 5.21. The van der Waals surface area contributed by atoms with Crippen molar-refractivity contribution in [1.29, 1.82) is 0 Å². The van der Waals surface area contributed by atoms with Crippen LogP contribution in [0.15, 0.2) is 0 Å². The molecule has 0 amide bonds. The van der Waals surface area contributed by atoms with E-state index in [1.165, 1.54) is 0 Å². The van der Waals surface area contributed by atoms with Crippen molar-refractivity contribution in [3.8, 4) is 0 Å². The molecule has 0 unspecified atom stereocenters. The number of hydrogen-bond acceptors (Lipinski definition) is 4. The first kappa shape index (κ1) is 13.9. The molecule has 0 aromatic heterocycles. The van der Waals surface area contributed by atoms with Crippen LogP contribution in [-0.2, 0) is 14.3 Å². The minimum Gasteiger partial charge on any atom is -0.303 e. The van der Waals surface area contributed by atoms with Crippen LogP contribution in [0.2, 0.25) is 0 Å². The van der Waals surface area contributed by atoms with Gasteiger partial charge >= 0.3 is 0 Å². The van der Waals surface area contributed by atoms with Gasteiger partial charge in [-0.05, 0) is 31.2 Å². The highest BCUT2D eigenvalue weighted by Gasteiger charge is 2.21. The Morgan fingerprint density at radius 1 is 1.44 bits per heavy atom. The maximum absolute atomic E-state index is 10.9. The zero-order valence-electron chi connectivity index (χ0n) is 10.5. The van der Waals surface area contributed by atoms with Gasteiger partial charge in [0.25, 0.3) is 10.1 Å². The van der Waals surface area contributed by atoms with Crippen LogP contribution in [0, 0.1) is 11.8 Å². The molecular weight excluding hydrogens is 226 g/mol. The molecule has 0 N–H and O–H groups in total. The summed E-state index contributed by atoms with van der Waals surface area (Å²) in [4.78, 5) is 2.41. The molecule has 0 aromatic carbocycles. The molecule has 1 rings (SSSR count). The van der Waals surface area contributed by atoms with Gasteiger partial charge in [-0.1, -0.05) is 13.8 Å². The molecule has 0 aliphatic carbocycles. The highest BCUT2D eigenvalue weighted by molar-refractivity contribution is 7.85. The van der Waals surface area contributed by atoms with Crippen LogP contribution < -0.4 is 0 Å². The Morgan fingerprint density at radius 2 is 2.12 bits per heavy atom. The van der Waals surface area contributed by atoms with Gasteiger partial charge in [0.1, 0.15) is 0 Å². The normalized spacial score (nSPS) is 23.9. The summed E-state index contributed by atoms with van der Waals surface area (Å²) in [7, 11) is -3.28. The van der Waals surface area contributed by atoms with Crippen LogP contribution >= 0.6 is 0 Å². The maximum Gasteiger partial charge on any atom is 0.264 e. The van der Waals surface area contributed by atoms with Crippen LogP contribution in [0.3, 0.4) is 0 Å². The third-order valence-corrected chi connectivity index (χ3v) is 3.31. The summed E-state index contributed by atoms with van der Waals surface area (Å²) in [5.41, 5.74) is 0. The van der Waals surface area contributed by atoms with Crippen molar-refractivity contribution in [2.45, 2.75) is 26.7 Å². The van der Waals surface area contributed by atoms with Gasteiger partial charge in [-0.3, -0.25) is 4.18 Å². The van der Waals surface area contributed by atoms with Crippen molar-refractivity contribution >= 4 is 10.1 Å². The fourth-order valence-corrected chi connectivity index (χ4v) is 2.63. The van der Waals surface area contributed by atoms with Crippen molar-refractivity contribution < 1.29 is 12.6 Å². The summed E-state index contributed by atoms with van der Waals surface area (Å²) >= 11 is 0. The number of nitrogens with zero attached hydrogens (tertiary/aromatic N) is 1. The van der Waals surface area contributed by atoms with E-state index in [1.807, 2.05) is 0 Å². The summed E-state index contributed by atoms with van der Waals surface area (Å²) in [6, 6.07) is 0. The highest BCUT2D eigenvalue weighted by atomic mass is 32.2. The largest absolute Gasteiger partial charge is 0.303 e. The van der Waals surface area contributed by atoms with Gasteiger partial charge in [-0.2, -0.15) is 8.42 Å². The number of likely N-dealkylation sites (tertiary alicyclic amines) is 1. The lowest BCUT2D eigenvalue weighted by Gasteiger charge is -2.33. The van der Waals surface area contributed by atoms with Crippen molar-refractivity contribution in [1.82, 2.24) is 4.90 Å². The number of rotatable bonds is 5. The monoisotopic (exact) mass is 249 g/mol. The van der Waals surface area contributed by atoms with Gasteiger partial charge in [0.05, 0.1) is 12.9 Å². The molecule has 1 atom stereocenters. The highest BCUT2D eigenvalue weighted by Crippen LogP contribution is 2.18. The molecule has 1 saturated heterocycles. The average Bonchev–Trinajstić information content (AvgIpc) is 2.13. The van der Waals surface area contributed by atoms with E-state index in [-0.39, 0.29) is 0 Å². The summed E-state index contributed by atoms with van der Waals surface area (Å²) in [5, 5.41) is 0. The van der Waals surface area contributed by atoms with E-state index in [9.17, 15) is 8.42 Å². The quantitative estimate of drug-likeness (QED) is 0.690. The zero-order chi connectivity index (χ0) is 12.2. The Balaban J connectivity index is 2.33. The van der Waals surface area contributed by atoms with Crippen LogP contribution in [0.1, 0.15) is 26.7 Å². The lowest BCUT2D eigenvalue weighted by atomic mass is 9.98. The van der Waals surface area contributed by atoms with E-state index in [4.69, 9.17) is 4.18 Å². The van der Waals surface area contributed by atoms with E-state index in [1.54, 1.807) is 0 Å². The fraction of sp³-hybridized carbons (Fsp3) is 1.00. The van der Waals surface area contributed by atoms with Crippen LogP contribution in [0.4, 0.5) is 0 Å². The van der Waals surface area contributed by atoms with E-state index >= 15 is 0 Å². The van der Waals surface area contributed by atoms with Gasteiger partial charge in [-0.25, -0.2) is 0 Å². The third kappa shape index (κ3) is 5.82. The fourth-order valence-electron chi connectivity index (χ4n) is 2.19. The molecule has 16 heavy (non-hydrogen) atoms. The molecule has 0 saturated carbocycles. The predicted octanol–water partition coefficient (Wildman–Crippen LogP) is 1.33. The first-order chi connectivity index (χ1) is 7.37. The third-order valence-electron chi connectivity index (χ3n) is 2.74. The first-order valence-corrected chi connectivity index (χ1v) is 7.75. The first-order valence-electron chi connectivity index (χ1n) is 5.93. The van der Waals surface area contributed by atoms with E-state index in [0.717, 1.165) is 38.7 Å². The Morgan fingerprint density at radius 3 is 2.69 bits per heavy atom. The summed E-state index contributed by atoms with van der Waals surface area (Å²) in [6.07, 6.45) is 3.33. The second-order valence-electron chi connectivity index (χ2n) is 5.15. The zero-order valence-corrected chi connectivity index (χ0v) is 11.3. The summed E-state index contributed by atoms with van der Waals surface area (Å²) in [5.74, 6) is 1.02. The molecule has 96 valence electrons. The molecule has 0 radical (unpaired) electrons. The lowest BCUT2D eigenvalue weighted by Crippen LogP contribution is -2.39. The van der Waals surface area contributed by atoms with Crippen molar-refractivity contribution in [3.05, 3.63) is 0 Å². The molecular formula is C11H23NO3S. The average molecular weight is 249 g/mol. The number of hydrogen-bond donors (Lipinski definition) is 0. The van der Waals surface area contributed by atoms with E-state index in [2.05, 4.69) is 18.7 Å². The van der Waals surface area contributed by atoms with Crippen molar-refractivity contribution in [2.75, 3.05) is 32.5 Å². The molecule has 0 bridgehead atoms. The van der Waals surface area contributed by atoms with Crippen molar-refractivity contribution in [2.24, 2.45) is 11.8 Å². The van der Waals surface area contributed by atoms with Crippen molar-refractivity contribution in [3.63, 3.8) is 0 Å². The van der Waals surface area contributed by atoms with E-state index < -0.39 is 10.1 Å². The van der Waals surface area contributed by atoms with Gasteiger partial charge in [-0.15, -0.1) is 0 Å². The molecule has 0 aromatic rings. The molecule has 1 aliphatic heterocycles. The predicted molar refractivity (Wildman–Crippen MR) is 64.8 cm³/mol. The Labute approximate surface area is 99.1 Å². The standard InChI is InChI=1S/C11H23NO3S/c1-10(2)7-12-6-4-5-11(8-12)9-15-16(3,13)14/h10-11H,4-9H2,1-3H3/t11-/m0/s1. The van der Waals surface area contributed by atoms with Gasteiger partial charge < -0.3 is 4.90 Å². The van der Waals surface area contributed by atoms with Crippen LogP contribution in [-0.4, -0.2) is 45.8 Å². The second-order valence-corrected chi connectivity index (χ2v) is 6.79. The minimum atomic E-state index is -3.28. The summed E-state index contributed by atoms with van der Waals surface area (Å²) in [6.45, 7) is 7.94. The lowest BCUT2D eigenvalue weighted by molar-refractivity contribution is 0.123. The van der Waals surface area contributed by atoms with Crippen LogP contribution in [0.25, 0.3) is 0 Å². The maximum atomic E-state index is 10.9. The topological polar surface area (TPSA) is 46.6 Å². The summed E-state index contributed by atoms with van der Waals surface area (Å²) < 4.78 is 26.7. The van der Waals surface area contributed by atoms with Gasteiger partial charge in [0.15, 0.2) is 0 Å². The molecule has 1 fully saturated rings. The van der Waals surface area contributed by atoms with Gasteiger partial charge in [0, 0.05) is 13.1 Å². The smallest absolute Gasteiger partial charge is 0.264 e. The molecule has 1 aliphatic rings. The molecule has 0 spiro atoms. The van der Waals surface area contributed by atoms with Gasteiger partial charge in [0.2, 0.25) is 0 Å². The van der Waals surface area contributed by atoms with E-state index in [0.29, 0.717) is 18.4 Å². The second kappa shape index (κ2) is 5.98. The molecule has 5 heteroatoms. The molecule has 4 nitrogen and oxygen atoms in total. The SMILES string of the molecule is CC(C)CN1CCC[C@H](COS(C)(=O)=O)C1. The molecule has 1 heterocycles. The Bertz CT molecular complexity index is 300. The Hall–Kier alpha value is -0.130. The number of piperidine rings is 1.